The zero-order valence-corrected chi connectivity index (χ0v) is 16.0. The van der Waals surface area contributed by atoms with Gasteiger partial charge in [-0.25, -0.2) is 9.59 Å². The van der Waals surface area contributed by atoms with Crippen LogP contribution < -0.4 is 5.32 Å². The van der Waals surface area contributed by atoms with E-state index < -0.39 is 39.7 Å². The molecule has 1 N–H and O–H groups in total. The molecule has 138 valence electrons. The van der Waals surface area contributed by atoms with Crippen LogP contribution in [0.15, 0.2) is 30.3 Å². The fourth-order valence-electron chi connectivity index (χ4n) is 1.85. The molecular weight excluding hydrogens is 416 g/mol. The van der Waals surface area contributed by atoms with Crippen molar-refractivity contribution in [2.45, 2.75) is 28.7 Å². The van der Waals surface area contributed by atoms with E-state index in [1.807, 2.05) is 0 Å². The number of halogens is 4. The lowest BCUT2D eigenvalue weighted by Gasteiger charge is -2.27. The minimum atomic E-state index is -1.47. The highest BCUT2D eigenvalue weighted by Gasteiger charge is 2.37. The number of esters is 2. The zero-order chi connectivity index (χ0) is 19.0. The van der Waals surface area contributed by atoms with E-state index in [9.17, 15) is 14.4 Å². The molecule has 0 fully saturated rings. The third kappa shape index (κ3) is 6.90. The van der Waals surface area contributed by atoms with Gasteiger partial charge in [-0.05, 0) is 12.5 Å². The van der Waals surface area contributed by atoms with Crippen molar-refractivity contribution in [3.8, 4) is 0 Å². The van der Waals surface area contributed by atoms with Crippen LogP contribution in [0.1, 0.15) is 18.6 Å². The molecule has 0 aliphatic heterocycles. The van der Waals surface area contributed by atoms with Gasteiger partial charge in [0.2, 0.25) is 4.84 Å². The van der Waals surface area contributed by atoms with Gasteiger partial charge < -0.3 is 14.8 Å². The van der Waals surface area contributed by atoms with Crippen molar-refractivity contribution in [3.63, 3.8) is 0 Å². The molecule has 0 heterocycles. The van der Waals surface area contributed by atoms with Gasteiger partial charge in [0.1, 0.15) is 0 Å². The second-order valence-electron chi connectivity index (χ2n) is 4.61. The fraction of sp³-hybridized carbons (Fsp3) is 0.400. The van der Waals surface area contributed by atoms with Crippen LogP contribution in [0.5, 0.6) is 0 Å². The number of alkyl halides is 4. The first-order valence-corrected chi connectivity index (χ1v) is 8.81. The number of carbonyl (C=O) groups is 3. The molecule has 1 amide bonds. The molecule has 1 rings (SSSR count). The number of hydrogen-bond acceptors (Lipinski definition) is 5. The summed E-state index contributed by atoms with van der Waals surface area (Å²) >= 11 is 22.0. The Labute approximate surface area is 164 Å². The van der Waals surface area contributed by atoms with Crippen LogP contribution in [0.3, 0.4) is 0 Å². The largest absolute Gasteiger partial charge is 0.464 e. The van der Waals surface area contributed by atoms with Crippen molar-refractivity contribution in [1.29, 1.82) is 0 Å². The number of nitrogens with one attached hydrogen (secondary N) is 1. The van der Waals surface area contributed by atoms with Crippen LogP contribution in [0, 0.1) is 0 Å². The van der Waals surface area contributed by atoms with E-state index in [2.05, 4.69) is 5.32 Å². The molecule has 0 radical (unpaired) electrons. The Morgan fingerprint density at radius 2 is 1.60 bits per heavy atom. The molecule has 6 nitrogen and oxygen atoms in total. The van der Waals surface area contributed by atoms with Gasteiger partial charge in [-0.15, -0.1) is 0 Å². The van der Waals surface area contributed by atoms with Gasteiger partial charge >= 0.3 is 11.9 Å². The topological polar surface area (TPSA) is 81.7 Å². The third-order valence-corrected chi connectivity index (χ3v) is 3.64. The lowest BCUT2D eigenvalue weighted by atomic mass is 10.0. The van der Waals surface area contributed by atoms with E-state index in [-0.39, 0.29) is 6.61 Å². The van der Waals surface area contributed by atoms with Gasteiger partial charge in [-0.2, -0.15) is 0 Å². The molecule has 0 saturated heterocycles. The summed E-state index contributed by atoms with van der Waals surface area (Å²) in [6.45, 7) is 1.62. The first-order chi connectivity index (χ1) is 11.8. The Hall–Kier alpha value is -1.21. The second-order valence-corrected chi connectivity index (χ2v) is 6.80. The minimum absolute atomic E-state index is 0.0411. The molecule has 0 aliphatic carbocycles. The maximum absolute atomic E-state index is 12.3. The van der Waals surface area contributed by atoms with Gasteiger partial charge in [-0.3, -0.25) is 4.79 Å². The van der Waals surface area contributed by atoms with Crippen LogP contribution in [0.2, 0.25) is 0 Å². The monoisotopic (exact) mass is 429 g/mol. The van der Waals surface area contributed by atoms with E-state index in [1.54, 1.807) is 37.3 Å². The summed E-state index contributed by atoms with van der Waals surface area (Å²) in [5, 5.41) is 2.30. The Morgan fingerprint density at radius 1 is 1.00 bits per heavy atom. The highest BCUT2D eigenvalue weighted by Crippen LogP contribution is 2.25. The average Bonchev–Trinajstić information content (AvgIpc) is 2.58. The Balaban J connectivity index is 3.23. The van der Waals surface area contributed by atoms with E-state index in [0.29, 0.717) is 5.56 Å². The molecule has 2 atom stereocenters. The van der Waals surface area contributed by atoms with Gasteiger partial charge in [0, 0.05) is 0 Å². The predicted octanol–water partition coefficient (Wildman–Crippen LogP) is 2.93. The summed E-state index contributed by atoms with van der Waals surface area (Å²) in [6, 6.07) is 6.82. The molecule has 1 aromatic carbocycles. The van der Waals surface area contributed by atoms with Crippen molar-refractivity contribution in [2.75, 3.05) is 6.61 Å². The number of amides is 1. The molecule has 1 aromatic rings. The fourth-order valence-corrected chi connectivity index (χ4v) is 2.08. The number of rotatable bonds is 8. The van der Waals surface area contributed by atoms with Crippen molar-refractivity contribution >= 4 is 64.2 Å². The first kappa shape index (κ1) is 21.8. The molecule has 0 bridgehead atoms. The summed E-state index contributed by atoms with van der Waals surface area (Å²) in [4.78, 5) is 33.1. The molecule has 25 heavy (non-hydrogen) atoms. The van der Waals surface area contributed by atoms with E-state index in [0.717, 1.165) is 0 Å². The van der Waals surface area contributed by atoms with E-state index in [4.69, 9.17) is 55.9 Å². The Bertz CT molecular complexity index is 597. The molecular formula is C15H15Cl4NO5. The third-order valence-electron chi connectivity index (χ3n) is 2.89. The standard InChI is InChI=1S/C15H15Cl4NO5/c1-2-24-14(22)9(20-13(21)11(16)17)10(25-15(23)12(18)19)8-6-4-3-5-7-8/h3-7,9-12H,2H2,1H3,(H,20,21)/t9-,10+/m1/s1. The summed E-state index contributed by atoms with van der Waals surface area (Å²) in [6.07, 6.45) is -1.25. The quantitative estimate of drug-likeness (QED) is 0.506. The Kier molecular flexibility index (Phi) is 9.35. The lowest BCUT2D eigenvalue weighted by molar-refractivity contribution is -0.159. The highest BCUT2D eigenvalue weighted by atomic mass is 35.5. The SMILES string of the molecule is CCOC(=O)[C@H](NC(=O)C(Cl)Cl)[C@@H](OC(=O)C(Cl)Cl)c1ccccc1. The maximum Gasteiger partial charge on any atom is 0.340 e. The van der Waals surface area contributed by atoms with Crippen molar-refractivity contribution in [3.05, 3.63) is 35.9 Å². The number of benzene rings is 1. The van der Waals surface area contributed by atoms with Crippen molar-refractivity contribution < 1.29 is 23.9 Å². The van der Waals surface area contributed by atoms with Gasteiger partial charge in [-0.1, -0.05) is 76.7 Å². The summed E-state index contributed by atoms with van der Waals surface area (Å²) in [7, 11) is 0. The Morgan fingerprint density at radius 3 is 2.08 bits per heavy atom. The minimum Gasteiger partial charge on any atom is -0.464 e. The van der Waals surface area contributed by atoms with Crippen molar-refractivity contribution in [2.24, 2.45) is 0 Å². The number of ether oxygens (including phenoxy) is 2. The molecule has 0 unspecified atom stereocenters. The molecule has 10 heteroatoms. The number of carbonyl (C=O) groups excluding carboxylic acids is 3. The smallest absolute Gasteiger partial charge is 0.340 e. The van der Waals surface area contributed by atoms with Crippen LogP contribution in [-0.4, -0.2) is 40.2 Å². The van der Waals surface area contributed by atoms with E-state index in [1.165, 1.54) is 0 Å². The van der Waals surface area contributed by atoms with Gasteiger partial charge in [0.25, 0.3) is 5.91 Å². The second kappa shape index (κ2) is 10.7. The number of hydrogen-bond donors (Lipinski definition) is 1. The lowest BCUT2D eigenvalue weighted by Crippen LogP contribution is -2.49. The van der Waals surface area contributed by atoms with E-state index >= 15 is 0 Å². The zero-order valence-electron chi connectivity index (χ0n) is 13.0. The van der Waals surface area contributed by atoms with Crippen LogP contribution in [0.25, 0.3) is 0 Å². The highest BCUT2D eigenvalue weighted by molar-refractivity contribution is 6.53. The summed E-state index contributed by atoms with van der Waals surface area (Å²) in [5.41, 5.74) is 0.406. The predicted molar refractivity (Wildman–Crippen MR) is 94.8 cm³/mol. The normalized spacial score (nSPS) is 13.2. The maximum atomic E-state index is 12.3. The molecule has 0 aromatic heterocycles. The first-order valence-electron chi connectivity index (χ1n) is 7.06. The molecule has 0 aliphatic rings. The van der Waals surface area contributed by atoms with Crippen LogP contribution >= 0.6 is 46.4 Å². The summed E-state index contributed by atoms with van der Waals surface area (Å²) in [5.74, 6) is -2.69. The molecule has 0 spiro atoms. The van der Waals surface area contributed by atoms with Gasteiger partial charge in [0.15, 0.2) is 17.0 Å². The average molecular weight is 431 g/mol. The summed E-state index contributed by atoms with van der Waals surface area (Å²) < 4.78 is 10.1. The van der Waals surface area contributed by atoms with Crippen LogP contribution in [0.4, 0.5) is 0 Å². The van der Waals surface area contributed by atoms with Gasteiger partial charge in [0.05, 0.1) is 6.61 Å². The van der Waals surface area contributed by atoms with Crippen LogP contribution in [-0.2, 0) is 23.9 Å². The van der Waals surface area contributed by atoms with Crippen molar-refractivity contribution in [1.82, 2.24) is 5.32 Å². The molecule has 0 saturated carbocycles.